The van der Waals surface area contributed by atoms with Crippen molar-refractivity contribution in [3.8, 4) is 0 Å². The number of nitrogens with zero attached hydrogens (tertiary/aromatic N) is 2. The summed E-state index contributed by atoms with van der Waals surface area (Å²) in [7, 11) is 0. The number of aromatic nitrogens is 1. The number of hydrogen-bond acceptors (Lipinski definition) is 4. The zero-order valence-corrected chi connectivity index (χ0v) is 13.6. The van der Waals surface area contributed by atoms with E-state index >= 15 is 0 Å². The molecule has 1 aliphatic heterocycles. The third-order valence-electron chi connectivity index (χ3n) is 3.55. The van der Waals surface area contributed by atoms with Gasteiger partial charge in [0.25, 0.3) is 0 Å². The third-order valence-corrected chi connectivity index (χ3v) is 3.55. The number of carbonyl (C=O) groups is 1. The number of piperidine rings is 1. The molecule has 5 heteroatoms. The van der Waals surface area contributed by atoms with Crippen LogP contribution in [0, 0.1) is 0 Å². The molecule has 1 saturated heterocycles. The van der Waals surface area contributed by atoms with Gasteiger partial charge in [0.2, 0.25) is 0 Å². The Morgan fingerprint density at radius 3 is 2.77 bits per heavy atom. The molecule has 0 bridgehead atoms. The number of likely N-dealkylation sites (tertiary alicyclic amines) is 1. The highest BCUT2D eigenvalue weighted by atomic mass is 16.6. The Balaban J connectivity index is 2.35. The fraction of sp³-hybridized carbons (Fsp3) is 0.529. The molecule has 0 radical (unpaired) electrons. The molecule has 1 aromatic rings. The molecule has 0 unspecified atom stereocenters. The summed E-state index contributed by atoms with van der Waals surface area (Å²) in [6.45, 7) is 6.68. The first-order chi connectivity index (χ1) is 10.4. The van der Waals surface area contributed by atoms with Gasteiger partial charge in [-0.2, -0.15) is 0 Å². The number of pyridine rings is 1. The second-order valence-electron chi connectivity index (χ2n) is 6.46. The summed E-state index contributed by atoms with van der Waals surface area (Å²) in [6, 6.07) is 3.86. The van der Waals surface area contributed by atoms with Gasteiger partial charge in [0.1, 0.15) is 5.60 Å². The van der Waals surface area contributed by atoms with E-state index in [2.05, 4.69) is 4.98 Å². The van der Waals surface area contributed by atoms with Crippen LogP contribution in [0.25, 0.3) is 5.57 Å². The maximum absolute atomic E-state index is 12.5. The van der Waals surface area contributed by atoms with E-state index in [0.29, 0.717) is 13.1 Å². The van der Waals surface area contributed by atoms with Crippen molar-refractivity contribution < 1.29 is 9.53 Å². The van der Waals surface area contributed by atoms with Crippen LogP contribution in [0.2, 0.25) is 0 Å². The molecule has 0 aromatic carbocycles. The Bertz CT molecular complexity index is 547. The summed E-state index contributed by atoms with van der Waals surface area (Å²) in [5, 5.41) is 0. The van der Waals surface area contributed by atoms with E-state index in [4.69, 9.17) is 10.5 Å². The average molecular weight is 303 g/mol. The lowest BCUT2D eigenvalue weighted by Gasteiger charge is -2.33. The molecule has 1 amide bonds. The molecule has 1 aromatic heterocycles. The van der Waals surface area contributed by atoms with E-state index in [1.54, 1.807) is 17.3 Å². The Morgan fingerprint density at radius 1 is 1.41 bits per heavy atom. The predicted octanol–water partition coefficient (Wildman–Crippen LogP) is 3.17. The molecular formula is C17H25N3O2. The van der Waals surface area contributed by atoms with Gasteiger partial charge in [-0.15, -0.1) is 0 Å². The zero-order valence-electron chi connectivity index (χ0n) is 13.6. The smallest absolute Gasteiger partial charge is 0.414 e. The highest BCUT2D eigenvalue weighted by molar-refractivity contribution is 5.77. The number of rotatable bonds is 2. The number of allylic oxidation sites excluding steroid dienone is 1. The minimum absolute atomic E-state index is 0.294. The van der Waals surface area contributed by atoms with Crippen molar-refractivity contribution in [2.24, 2.45) is 5.73 Å². The van der Waals surface area contributed by atoms with Crippen molar-refractivity contribution >= 4 is 11.7 Å². The van der Waals surface area contributed by atoms with Crippen LogP contribution < -0.4 is 5.73 Å². The number of nitrogens with two attached hydrogens (primary N) is 1. The molecule has 5 nitrogen and oxygen atoms in total. The molecule has 2 heterocycles. The summed E-state index contributed by atoms with van der Waals surface area (Å²) in [5.74, 6) is 0. The van der Waals surface area contributed by atoms with Gasteiger partial charge in [-0.25, -0.2) is 4.79 Å². The van der Waals surface area contributed by atoms with Crippen LogP contribution in [-0.4, -0.2) is 34.7 Å². The van der Waals surface area contributed by atoms with Gasteiger partial charge in [-0.1, -0.05) is 6.07 Å². The van der Waals surface area contributed by atoms with Crippen LogP contribution >= 0.6 is 0 Å². The second-order valence-corrected chi connectivity index (χ2v) is 6.46. The van der Waals surface area contributed by atoms with Crippen molar-refractivity contribution in [3.05, 3.63) is 35.8 Å². The second kappa shape index (κ2) is 6.92. The minimum atomic E-state index is -0.503. The van der Waals surface area contributed by atoms with E-state index in [-0.39, 0.29) is 6.09 Å². The van der Waals surface area contributed by atoms with Crippen LogP contribution in [0.15, 0.2) is 30.2 Å². The Kier molecular flexibility index (Phi) is 5.19. The summed E-state index contributed by atoms with van der Waals surface area (Å²) >= 11 is 0. The largest absolute Gasteiger partial charge is 0.443 e. The van der Waals surface area contributed by atoms with Crippen molar-refractivity contribution in [3.63, 3.8) is 0 Å². The first kappa shape index (κ1) is 16.5. The zero-order chi connectivity index (χ0) is 16.2. The maximum atomic E-state index is 12.5. The quantitative estimate of drug-likeness (QED) is 0.911. The van der Waals surface area contributed by atoms with Crippen molar-refractivity contribution in [2.75, 3.05) is 13.1 Å². The third kappa shape index (κ3) is 4.07. The molecule has 22 heavy (non-hydrogen) atoms. The number of amides is 1. The van der Waals surface area contributed by atoms with Gasteiger partial charge in [-0.05, 0) is 57.2 Å². The molecule has 0 aliphatic carbocycles. The normalized spacial score (nSPS) is 18.1. The monoisotopic (exact) mass is 303 g/mol. The summed E-state index contributed by atoms with van der Waals surface area (Å²) in [6.07, 6.45) is 6.09. The van der Waals surface area contributed by atoms with Gasteiger partial charge >= 0.3 is 6.09 Å². The molecule has 0 saturated carbocycles. The van der Waals surface area contributed by atoms with Crippen LogP contribution in [0.1, 0.15) is 45.6 Å². The van der Waals surface area contributed by atoms with Gasteiger partial charge in [0, 0.05) is 31.2 Å². The highest BCUT2D eigenvalue weighted by Crippen LogP contribution is 2.29. The Morgan fingerprint density at radius 2 is 2.18 bits per heavy atom. The van der Waals surface area contributed by atoms with E-state index in [0.717, 1.165) is 36.1 Å². The molecule has 0 spiro atoms. The molecule has 1 fully saturated rings. The van der Waals surface area contributed by atoms with E-state index in [1.165, 1.54) is 0 Å². The van der Waals surface area contributed by atoms with Crippen molar-refractivity contribution in [2.45, 2.75) is 45.6 Å². The average Bonchev–Trinajstić information content (AvgIpc) is 2.48. The lowest BCUT2D eigenvalue weighted by atomic mass is 9.98. The van der Waals surface area contributed by atoms with Crippen LogP contribution in [0.5, 0.6) is 0 Å². The van der Waals surface area contributed by atoms with Crippen LogP contribution in [0.3, 0.4) is 0 Å². The summed E-state index contributed by atoms with van der Waals surface area (Å²) in [4.78, 5) is 18.4. The van der Waals surface area contributed by atoms with Crippen molar-refractivity contribution in [1.82, 2.24) is 9.88 Å². The first-order valence-corrected chi connectivity index (χ1v) is 7.75. The lowest BCUT2D eigenvalue weighted by molar-refractivity contribution is 0.0287. The van der Waals surface area contributed by atoms with E-state index in [1.807, 2.05) is 32.9 Å². The van der Waals surface area contributed by atoms with Gasteiger partial charge < -0.3 is 10.5 Å². The number of ether oxygens (including phenoxy) is 1. The lowest BCUT2D eigenvalue weighted by Crippen LogP contribution is -2.39. The summed E-state index contributed by atoms with van der Waals surface area (Å²) in [5.41, 5.74) is 8.37. The summed E-state index contributed by atoms with van der Waals surface area (Å²) < 4.78 is 5.53. The van der Waals surface area contributed by atoms with E-state index in [9.17, 15) is 4.79 Å². The van der Waals surface area contributed by atoms with Crippen LogP contribution in [-0.2, 0) is 4.74 Å². The van der Waals surface area contributed by atoms with Gasteiger partial charge in [0.05, 0.1) is 0 Å². The van der Waals surface area contributed by atoms with Gasteiger partial charge in [0.15, 0.2) is 0 Å². The minimum Gasteiger partial charge on any atom is -0.443 e. The van der Waals surface area contributed by atoms with E-state index < -0.39 is 5.60 Å². The molecule has 1 aliphatic rings. The SMILES string of the molecule is CC(C)(C)OC(=O)N1CCCC/C1=C(/CN)c1cccnc1. The predicted molar refractivity (Wildman–Crippen MR) is 87.0 cm³/mol. The Labute approximate surface area is 132 Å². The molecular weight excluding hydrogens is 278 g/mol. The highest BCUT2D eigenvalue weighted by Gasteiger charge is 2.28. The molecule has 2 rings (SSSR count). The maximum Gasteiger partial charge on any atom is 0.414 e. The Hall–Kier alpha value is -1.88. The van der Waals surface area contributed by atoms with Crippen molar-refractivity contribution in [1.29, 1.82) is 0 Å². The number of hydrogen-bond donors (Lipinski definition) is 1. The topological polar surface area (TPSA) is 68.5 Å². The first-order valence-electron chi connectivity index (χ1n) is 7.75. The number of carbonyl (C=O) groups excluding carboxylic acids is 1. The standard InChI is InChI=1S/C17H25N3O2/c1-17(2,3)22-16(21)20-10-5-4-8-15(20)14(11-18)13-7-6-9-19-12-13/h6-7,9,12H,4-5,8,10-11,18H2,1-3H3/b15-14+. The molecule has 120 valence electrons. The fourth-order valence-electron chi connectivity index (χ4n) is 2.61. The van der Waals surface area contributed by atoms with Crippen LogP contribution in [0.4, 0.5) is 4.79 Å². The fourth-order valence-corrected chi connectivity index (χ4v) is 2.61. The molecule has 2 N–H and O–H groups in total. The van der Waals surface area contributed by atoms with Gasteiger partial charge in [-0.3, -0.25) is 9.88 Å². The molecule has 0 atom stereocenters.